The number of aromatic carboxylic acids is 1. The van der Waals surface area contributed by atoms with Crippen LogP contribution in [0.1, 0.15) is 16.8 Å². The van der Waals surface area contributed by atoms with E-state index in [1.54, 1.807) is 12.1 Å². The van der Waals surface area contributed by atoms with Crippen LogP contribution < -0.4 is 0 Å². The first kappa shape index (κ1) is 12.0. The van der Waals surface area contributed by atoms with E-state index in [4.69, 9.17) is 5.11 Å². The second-order valence-electron chi connectivity index (χ2n) is 3.62. The molecule has 7 heteroatoms. The number of nitrogens with zero attached hydrogens (tertiary/aromatic N) is 3. The molecule has 0 bridgehead atoms. The number of carbonyl (C=O) groups excluding carboxylic acids is 1. The molecule has 0 aliphatic carbocycles. The first-order chi connectivity index (χ1) is 8.63. The lowest BCUT2D eigenvalue weighted by atomic mass is 10.2. The molecule has 1 N–H and O–H groups in total. The molecule has 94 valence electrons. The number of para-hydroxylation sites is 1. The van der Waals surface area contributed by atoms with Crippen LogP contribution in [0, 0.1) is 0 Å². The van der Waals surface area contributed by atoms with Gasteiger partial charge in [0.25, 0.3) is 0 Å². The monoisotopic (exact) mass is 249 g/mol. The van der Waals surface area contributed by atoms with Gasteiger partial charge in [-0.2, -0.15) is 0 Å². The molecule has 7 nitrogen and oxygen atoms in total. The topological polar surface area (TPSA) is 94.3 Å². The van der Waals surface area contributed by atoms with E-state index in [0.29, 0.717) is 11.0 Å². The highest BCUT2D eigenvalue weighted by atomic mass is 16.5. The number of carboxylic acids is 1. The van der Waals surface area contributed by atoms with E-state index in [2.05, 4.69) is 15.0 Å². The summed E-state index contributed by atoms with van der Waals surface area (Å²) in [6.45, 7) is 0.230. The highest BCUT2D eigenvalue weighted by Crippen LogP contribution is 2.16. The Morgan fingerprint density at radius 1 is 1.44 bits per heavy atom. The van der Waals surface area contributed by atoms with Gasteiger partial charge in [0.05, 0.1) is 25.6 Å². The fourth-order valence-electron chi connectivity index (χ4n) is 1.66. The molecule has 0 aliphatic heterocycles. The molecule has 18 heavy (non-hydrogen) atoms. The quantitative estimate of drug-likeness (QED) is 0.801. The summed E-state index contributed by atoms with van der Waals surface area (Å²) in [4.78, 5) is 22.2. The molecule has 1 aromatic carbocycles. The first-order valence-corrected chi connectivity index (χ1v) is 5.26. The van der Waals surface area contributed by atoms with Gasteiger partial charge in [-0.15, -0.1) is 5.10 Å². The Hall–Kier alpha value is -2.44. The second-order valence-corrected chi connectivity index (χ2v) is 3.62. The van der Waals surface area contributed by atoms with Crippen molar-refractivity contribution in [2.45, 2.75) is 13.0 Å². The molecule has 0 saturated carbocycles. The number of rotatable bonds is 4. The Morgan fingerprint density at radius 2 is 2.22 bits per heavy atom. The summed E-state index contributed by atoms with van der Waals surface area (Å²) in [6.07, 6.45) is 0.114. The number of carboxylic acid groups (broad SMARTS) is 1. The average Bonchev–Trinajstić information content (AvgIpc) is 2.78. The number of aryl methyl sites for hydroxylation is 1. The van der Waals surface area contributed by atoms with Crippen molar-refractivity contribution in [3.8, 4) is 0 Å². The lowest BCUT2D eigenvalue weighted by Gasteiger charge is -2.03. The Kier molecular flexibility index (Phi) is 3.22. The summed E-state index contributed by atoms with van der Waals surface area (Å²) in [5, 5.41) is 16.8. The van der Waals surface area contributed by atoms with Crippen molar-refractivity contribution in [2.24, 2.45) is 0 Å². The molecular formula is C11H11N3O4. The lowest BCUT2D eigenvalue weighted by Crippen LogP contribution is -2.10. The molecule has 2 rings (SSSR count). The van der Waals surface area contributed by atoms with E-state index in [9.17, 15) is 9.59 Å². The van der Waals surface area contributed by atoms with Gasteiger partial charge in [0.1, 0.15) is 11.0 Å². The zero-order valence-electron chi connectivity index (χ0n) is 9.66. The van der Waals surface area contributed by atoms with Crippen molar-refractivity contribution >= 4 is 23.0 Å². The third-order valence-electron chi connectivity index (χ3n) is 2.52. The van der Waals surface area contributed by atoms with Crippen molar-refractivity contribution in [2.75, 3.05) is 7.11 Å². The van der Waals surface area contributed by atoms with Gasteiger partial charge in [-0.25, -0.2) is 9.48 Å². The van der Waals surface area contributed by atoms with Crippen molar-refractivity contribution in [3.63, 3.8) is 0 Å². The predicted octanol–water partition coefficient (Wildman–Crippen LogP) is 0.693. The number of ether oxygens (including phenoxy) is 1. The van der Waals surface area contributed by atoms with Crippen LogP contribution in [0.5, 0.6) is 0 Å². The number of benzene rings is 1. The summed E-state index contributed by atoms with van der Waals surface area (Å²) in [6, 6.07) is 4.75. The second kappa shape index (κ2) is 4.82. The zero-order valence-corrected chi connectivity index (χ0v) is 9.66. The Bertz CT molecular complexity index is 605. The van der Waals surface area contributed by atoms with Gasteiger partial charge in [-0.05, 0) is 12.1 Å². The van der Waals surface area contributed by atoms with Gasteiger partial charge in [-0.3, -0.25) is 4.79 Å². The summed E-state index contributed by atoms with van der Waals surface area (Å²) in [7, 11) is 1.30. The summed E-state index contributed by atoms with van der Waals surface area (Å²) in [5.74, 6) is -1.44. The van der Waals surface area contributed by atoms with Gasteiger partial charge in [0, 0.05) is 0 Å². The van der Waals surface area contributed by atoms with E-state index in [1.165, 1.54) is 17.9 Å². The minimum absolute atomic E-state index is 0.113. The van der Waals surface area contributed by atoms with Gasteiger partial charge in [-0.1, -0.05) is 11.3 Å². The number of methoxy groups -OCH3 is 1. The van der Waals surface area contributed by atoms with E-state index in [0.717, 1.165) is 0 Å². The number of fused-ring (bicyclic) bond motifs is 1. The van der Waals surface area contributed by atoms with Crippen LogP contribution in [0.2, 0.25) is 0 Å². The molecule has 0 fully saturated rings. The van der Waals surface area contributed by atoms with Gasteiger partial charge in [0.2, 0.25) is 0 Å². The molecule has 2 aromatic rings. The number of hydrogen-bond donors (Lipinski definition) is 1. The smallest absolute Gasteiger partial charge is 0.337 e. The van der Waals surface area contributed by atoms with Crippen molar-refractivity contribution < 1.29 is 19.4 Å². The minimum Gasteiger partial charge on any atom is -0.478 e. The van der Waals surface area contributed by atoms with E-state index in [1.807, 2.05) is 0 Å². The van der Waals surface area contributed by atoms with Crippen LogP contribution in [-0.2, 0) is 16.1 Å². The maximum atomic E-state index is 11.1. The Labute approximate surface area is 102 Å². The first-order valence-electron chi connectivity index (χ1n) is 5.26. The van der Waals surface area contributed by atoms with Crippen LogP contribution >= 0.6 is 0 Å². The predicted molar refractivity (Wildman–Crippen MR) is 61.1 cm³/mol. The molecule has 0 atom stereocenters. The SMILES string of the molecule is COC(=O)CCn1nnc2cccc(C(=O)O)c21. The van der Waals surface area contributed by atoms with Gasteiger partial charge in [0.15, 0.2) is 0 Å². The number of carbonyl (C=O) groups is 2. The van der Waals surface area contributed by atoms with E-state index >= 15 is 0 Å². The highest BCUT2D eigenvalue weighted by Gasteiger charge is 2.15. The highest BCUT2D eigenvalue weighted by molar-refractivity contribution is 6.00. The number of aromatic nitrogens is 3. The summed E-state index contributed by atoms with van der Waals surface area (Å²) in [5.41, 5.74) is 1.01. The maximum absolute atomic E-state index is 11.1. The van der Waals surface area contributed by atoms with Crippen molar-refractivity contribution in [3.05, 3.63) is 23.8 Å². The standard InChI is InChI=1S/C11H11N3O4/c1-18-9(15)5-6-14-10-7(11(16)17)3-2-4-8(10)12-13-14/h2-4H,5-6H2,1H3,(H,16,17). The molecule has 0 saturated heterocycles. The fourth-order valence-corrected chi connectivity index (χ4v) is 1.66. The summed E-state index contributed by atoms with van der Waals surface area (Å²) >= 11 is 0. The molecule has 0 spiro atoms. The number of hydrogen-bond acceptors (Lipinski definition) is 5. The Balaban J connectivity index is 2.39. The van der Waals surface area contributed by atoms with E-state index < -0.39 is 5.97 Å². The van der Waals surface area contributed by atoms with Crippen LogP contribution in [0.15, 0.2) is 18.2 Å². The normalized spacial score (nSPS) is 10.5. The Morgan fingerprint density at radius 3 is 2.89 bits per heavy atom. The molecule has 1 aromatic heterocycles. The van der Waals surface area contributed by atoms with E-state index in [-0.39, 0.29) is 24.5 Å². The summed E-state index contributed by atoms with van der Waals surface area (Å²) < 4.78 is 5.92. The third-order valence-corrected chi connectivity index (χ3v) is 2.52. The third kappa shape index (κ3) is 2.15. The van der Waals surface area contributed by atoms with Crippen LogP contribution in [0.25, 0.3) is 11.0 Å². The molecular weight excluding hydrogens is 238 g/mol. The van der Waals surface area contributed by atoms with Gasteiger partial charge < -0.3 is 9.84 Å². The largest absolute Gasteiger partial charge is 0.478 e. The molecule has 0 amide bonds. The molecule has 0 radical (unpaired) electrons. The maximum Gasteiger partial charge on any atom is 0.337 e. The molecule has 1 heterocycles. The lowest BCUT2D eigenvalue weighted by molar-refractivity contribution is -0.140. The fraction of sp³-hybridized carbons (Fsp3) is 0.273. The van der Waals surface area contributed by atoms with Gasteiger partial charge >= 0.3 is 11.9 Å². The minimum atomic E-state index is -1.05. The van der Waals surface area contributed by atoms with Crippen molar-refractivity contribution in [1.29, 1.82) is 0 Å². The zero-order chi connectivity index (χ0) is 13.1. The van der Waals surface area contributed by atoms with Crippen LogP contribution in [-0.4, -0.2) is 39.1 Å². The van der Waals surface area contributed by atoms with Crippen molar-refractivity contribution in [1.82, 2.24) is 15.0 Å². The average molecular weight is 249 g/mol. The number of esters is 1. The molecule has 0 unspecified atom stereocenters. The van der Waals surface area contributed by atoms with Crippen LogP contribution in [0.3, 0.4) is 0 Å². The van der Waals surface area contributed by atoms with Crippen LogP contribution in [0.4, 0.5) is 0 Å². The molecule has 0 aliphatic rings.